The van der Waals surface area contributed by atoms with Crippen LogP contribution in [0.4, 0.5) is 0 Å². The van der Waals surface area contributed by atoms with E-state index in [0.717, 1.165) is 0 Å². The fourth-order valence-electron chi connectivity index (χ4n) is 7.23. The van der Waals surface area contributed by atoms with Crippen LogP contribution in [-0.4, -0.2) is 9.55 Å². The maximum absolute atomic E-state index is 3.87. The molecule has 0 fully saturated rings. The van der Waals surface area contributed by atoms with Crippen LogP contribution in [0.25, 0.3) is 91.4 Å². The molecule has 0 aliphatic heterocycles. The summed E-state index contributed by atoms with van der Waals surface area (Å²) in [6.45, 7) is 0. The fourth-order valence-corrected chi connectivity index (χ4v) is 8.48. The predicted octanol–water partition coefficient (Wildman–Crippen LogP) is 11.6. The average molecular weight is 565 g/mol. The SMILES string of the molecule is c1ccc(-n2c3ccccc3c3cc(-c4ccc5c(c4)[nH]c4c6ccccc6c6sc7ccccc7c6c54)ccc32)cc1. The van der Waals surface area contributed by atoms with E-state index in [9.17, 15) is 0 Å². The van der Waals surface area contributed by atoms with Crippen LogP contribution in [0.5, 0.6) is 0 Å². The van der Waals surface area contributed by atoms with E-state index in [0.29, 0.717) is 0 Å². The first-order valence-corrected chi connectivity index (χ1v) is 15.5. The van der Waals surface area contributed by atoms with Gasteiger partial charge in [0, 0.05) is 63.7 Å². The van der Waals surface area contributed by atoms with Gasteiger partial charge in [0.25, 0.3) is 0 Å². The molecule has 10 aromatic rings. The van der Waals surface area contributed by atoms with Crippen molar-refractivity contribution in [1.82, 2.24) is 9.55 Å². The number of aromatic nitrogens is 2. The molecule has 0 saturated carbocycles. The molecule has 0 atom stereocenters. The normalized spacial score (nSPS) is 12.2. The number of para-hydroxylation sites is 2. The molecule has 200 valence electrons. The Morgan fingerprint density at radius 1 is 0.465 bits per heavy atom. The molecule has 10 rings (SSSR count). The number of thiophene rings is 1. The van der Waals surface area contributed by atoms with E-state index in [1.165, 1.54) is 91.4 Å². The molecule has 0 unspecified atom stereocenters. The third-order valence-corrected chi connectivity index (χ3v) is 10.3. The molecule has 0 spiro atoms. The Balaban J connectivity index is 1.24. The van der Waals surface area contributed by atoms with E-state index in [-0.39, 0.29) is 0 Å². The molecule has 0 amide bonds. The van der Waals surface area contributed by atoms with Crippen LogP contribution in [0, 0.1) is 0 Å². The van der Waals surface area contributed by atoms with Gasteiger partial charge in [-0.05, 0) is 53.6 Å². The molecule has 7 aromatic carbocycles. The third-order valence-electron chi connectivity index (χ3n) is 9.11. The van der Waals surface area contributed by atoms with Crippen molar-refractivity contribution in [2.24, 2.45) is 0 Å². The molecule has 1 N–H and O–H groups in total. The molecule has 2 nitrogen and oxygen atoms in total. The first-order valence-electron chi connectivity index (χ1n) is 14.7. The van der Waals surface area contributed by atoms with Crippen molar-refractivity contribution in [1.29, 1.82) is 0 Å². The molecule has 0 bridgehead atoms. The summed E-state index contributed by atoms with van der Waals surface area (Å²) in [4.78, 5) is 3.87. The van der Waals surface area contributed by atoms with E-state index in [1.807, 2.05) is 11.3 Å². The van der Waals surface area contributed by atoms with Gasteiger partial charge in [-0.15, -0.1) is 11.3 Å². The van der Waals surface area contributed by atoms with Gasteiger partial charge in [-0.3, -0.25) is 0 Å². The quantitative estimate of drug-likeness (QED) is 0.216. The van der Waals surface area contributed by atoms with Crippen LogP contribution in [0.15, 0.2) is 140 Å². The van der Waals surface area contributed by atoms with Gasteiger partial charge in [0.15, 0.2) is 0 Å². The lowest BCUT2D eigenvalue weighted by molar-refractivity contribution is 1.18. The number of nitrogens with one attached hydrogen (secondary N) is 1. The number of aromatic amines is 1. The van der Waals surface area contributed by atoms with Gasteiger partial charge in [0.2, 0.25) is 0 Å². The Morgan fingerprint density at radius 2 is 1.14 bits per heavy atom. The number of H-pyrrole nitrogens is 1. The molecule has 0 radical (unpaired) electrons. The van der Waals surface area contributed by atoms with Crippen LogP contribution in [0.1, 0.15) is 0 Å². The summed E-state index contributed by atoms with van der Waals surface area (Å²) in [5.41, 5.74) is 8.47. The van der Waals surface area contributed by atoms with Gasteiger partial charge < -0.3 is 9.55 Å². The second-order valence-electron chi connectivity index (χ2n) is 11.4. The van der Waals surface area contributed by atoms with Gasteiger partial charge >= 0.3 is 0 Å². The lowest BCUT2D eigenvalue weighted by atomic mass is 9.98. The second kappa shape index (κ2) is 8.57. The van der Waals surface area contributed by atoms with Gasteiger partial charge in [0.1, 0.15) is 0 Å². The highest BCUT2D eigenvalue weighted by atomic mass is 32.1. The number of hydrogen-bond donors (Lipinski definition) is 1. The third kappa shape index (κ3) is 3.17. The summed E-state index contributed by atoms with van der Waals surface area (Å²) >= 11 is 1.90. The summed E-state index contributed by atoms with van der Waals surface area (Å²) < 4.78 is 5.08. The van der Waals surface area contributed by atoms with Crippen LogP contribution in [0.3, 0.4) is 0 Å². The number of nitrogens with zero attached hydrogens (tertiary/aromatic N) is 1. The molecule has 3 heteroatoms. The van der Waals surface area contributed by atoms with Crippen molar-refractivity contribution in [3.8, 4) is 16.8 Å². The predicted molar refractivity (Wildman–Crippen MR) is 186 cm³/mol. The van der Waals surface area contributed by atoms with Crippen molar-refractivity contribution in [3.63, 3.8) is 0 Å². The monoisotopic (exact) mass is 564 g/mol. The molecule has 43 heavy (non-hydrogen) atoms. The molecule has 3 heterocycles. The number of rotatable bonds is 2. The molecule has 0 saturated heterocycles. The lowest BCUT2D eigenvalue weighted by Crippen LogP contribution is -1.92. The first-order chi connectivity index (χ1) is 21.3. The summed E-state index contributed by atoms with van der Waals surface area (Å²) in [5.74, 6) is 0. The summed E-state index contributed by atoms with van der Waals surface area (Å²) in [6, 6.07) is 50.9. The van der Waals surface area contributed by atoms with Crippen molar-refractivity contribution < 1.29 is 0 Å². The molecular weight excluding hydrogens is 541 g/mol. The van der Waals surface area contributed by atoms with E-state index >= 15 is 0 Å². The van der Waals surface area contributed by atoms with Crippen molar-refractivity contribution in [3.05, 3.63) is 140 Å². The highest BCUT2D eigenvalue weighted by Gasteiger charge is 2.18. The number of benzene rings is 7. The van der Waals surface area contributed by atoms with E-state index < -0.39 is 0 Å². The largest absolute Gasteiger partial charge is 0.354 e. The summed E-state index contributed by atoms with van der Waals surface area (Å²) in [7, 11) is 0. The topological polar surface area (TPSA) is 20.7 Å². The fraction of sp³-hybridized carbons (Fsp3) is 0. The lowest BCUT2D eigenvalue weighted by Gasteiger charge is -2.08. The molecular formula is C40H24N2S. The molecule has 0 aliphatic rings. The van der Waals surface area contributed by atoms with Crippen molar-refractivity contribution in [2.75, 3.05) is 0 Å². The second-order valence-corrected chi connectivity index (χ2v) is 12.5. The number of fused-ring (bicyclic) bond motifs is 13. The van der Waals surface area contributed by atoms with Crippen LogP contribution < -0.4 is 0 Å². The standard InChI is InChI=1S/C40H24N2S/c1-2-10-26(11-3-1)42-34-16-8-6-12-27(34)32-22-24(19-21-35(32)42)25-18-20-30-33(23-25)41-39-28-13-4-5-14-29(28)40-38(37(30)39)31-15-7-9-17-36(31)43-40/h1-23,41H. The Bertz CT molecular complexity index is 2720. The minimum atomic E-state index is 1.17. The highest BCUT2D eigenvalue weighted by Crippen LogP contribution is 2.46. The minimum Gasteiger partial charge on any atom is -0.354 e. The summed E-state index contributed by atoms with van der Waals surface area (Å²) in [6.07, 6.45) is 0. The van der Waals surface area contributed by atoms with Crippen LogP contribution in [-0.2, 0) is 0 Å². The zero-order chi connectivity index (χ0) is 28.1. The Labute approximate surface area is 251 Å². The van der Waals surface area contributed by atoms with Gasteiger partial charge in [-0.25, -0.2) is 0 Å². The maximum atomic E-state index is 3.87. The Hall–Kier alpha value is -5.38. The van der Waals surface area contributed by atoms with Crippen molar-refractivity contribution >= 4 is 85.9 Å². The van der Waals surface area contributed by atoms with Crippen LogP contribution in [0.2, 0.25) is 0 Å². The van der Waals surface area contributed by atoms with Crippen molar-refractivity contribution in [2.45, 2.75) is 0 Å². The average Bonchev–Trinajstić information content (AvgIpc) is 3.74. The van der Waals surface area contributed by atoms with E-state index in [4.69, 9.17) is 0 Å². The van der Waals surface area contributed by atoms with Gasteiger partial charge in [-0.2, -0.15) is 0 Å². The number of hydrogen-bond acceptors (Lipinski definition) is 1. The molecule has 0 aliphatic carbocycles. The smallest absolute Gasteiger partial charge is 0.0551 e. The van der Waals surface area contributed by atoms with Gasteiger partial charge in [-0.1, -0.05) is 97.1 Å². The van der Waals surface area contributed by atoms with Crippen LogP contribution >= 0.6 is 11.3 Å². The molecule has 3 aromatic heterocycles. The minimum absolute atomic E-state index is 1.17. The Morgan fingerprint density at radius 3 is 2.02 bits per heavy atom. The maximum Gasteiger partial charge on any atom is 0.0551 e. The summed E-state index contributed by atoms with van der Waals surface area (Å²) in [5, 5.41) is 10.4. The zero-order valence-electron chi connectivity index (χ0n) is 23.1. The van der Waals surface area contributed by atoms with E-state index in [2.05, 4.69) is 149 Å². The zero-order valence-corrected chi connectivity index (χ0v) is 24.0. The van der Waals surface area contributed by atoms with Gasteiger partial charge in [0.05, 0.1) is 16.6 Å². The Kier molecular flexibility index (Phi) is 4.63. The first kappa shape index (κ1) is 23.2. The highest BCUT2D eigenvalue weighted by molar-refractivity contribution is 7.27. The van der Waals surface area contributed by atoms with E-state index in [1.54, 1.807) is 0 Å².